The summed E-state index contributed by atoms with van der Waals surface area (Å²) in [6, 6.07) is -0.106. The largest absolute Gasteiger partial charge is 0.340 e. The van der Waals surface area contributed by atoms with Crippen LogP contribution in [0.15, 0.2) is 0 Å². The first-order valence-corrected chi connectivity index (χ1v) is 6.32. The first-order valence-electron chi connectivity index (χ1n) is 4.50. The van der Waals surface area contributed by atoms with E-state index in [4.69, 9.17) is 0 Å². The highest BCUT2D eigenvalue weighted by Crippen LogP contribution is 2.16. The molecule has 14 heavy (non-hydrogen) atoms. The van der Waals surface area contributed by atoms with Crippen molar-refractivity contribution in [3.63, 3.8) is 0 Å². The topological polar surface area (TPSA) is 63.7 Å². The third-order valence-electron chi connectivity index (χ3n) is 2.34. The van der Waals surface area contributed by atoms with Gasteiger partial charge in [-0.15, -0.1) is 0 Å². The quantitative estimate of drug-likeness (QED) is 0.628. The van der Waals surface area contributed by atoms with Gasteiger partial charge in [-0.1, -0.05) is 0 Å². The van der Waals surface area contributed by atoms with Gasteiger partial charge in [0.25, 0.3) is 10.1 Å². The highest BCUT2D eigenvalue weighted by atomic mass is 32.2. The van der Waals surface area contributed by atoms with Gasteiger partial charge in [0.15, 0.2) is 0 Å². The fraction of sp³-hybridized carbons (Fsp3) is 0.875. The standard InChI is InChI=1S/C8H15NO4S/c1-9-7(4-3-5-8(9)10)6-13-14(2,11)12/h7H,3-6H2,1-2H3. The summed E-state index contributed by atoms with van der Waals surface area (Å²) in [7, 11) is -1.72. The molecule has 0 bridgehead atoms. The first-order chi connectivity index (χ1) is 6.40. The van der Waals surface area contributed by atoms with E-state index in [0.717, 1.165) is 19.1 Å². The number of likely N-dealkylation sites (tertiary alicyclic amines) is 1. The highest BCUT2D eigenvalue weighted by Gasteiger charge is 2.25. The molecule has 0 saturated carbocycles. The van der Waals surface area contributed by atoms with E-state index >= 15 is 0 Å². The zero-order chi connectivity index (χ0) is 10.8. The molecule has 82 valence electrons. The number of amides is 1. The van der Waals surface area contributed by atoms with Gasteiger partial charge in [0.05, 0.1) is 18.9 Å². The third kappa shape index (κ3) is 3.26. The Morgan fingerprint density at radius 3 is 2.79 bits per heavy atom. The van der Waals surface area contributed by atoms with Gasteiger partial charge in [-0.3, -0.25) is 8.98 Å². The lowest BCUT2D eigenvalue weighted by atomic mass is 10.0. The van der Waals surface area contributed by atoms with Crippen molar-refractivity contribution in [1.29, 1.82) is 0 Å². The summed E-state index contributed by atoms with van der Waals surface area (Å²) in [6.45, 7) is 0.0705. The molecule has 0 N–H and O–H groups in total. The van der Waals surface area contributed by atoms with Crippen molar-refractivity contribution in [2.75, 3.05) is 19.9 Å². The maximum Gasteiger partial charge on any atom is 0.264 e. The predicted octanol–water partition coefficient (Wildman–Crippen LogP) is -0.0265. The molecular formula is C8H15NO4S. The third-order valence-corrected chi connectivity index (χ3v) is 2.91. The maximum absolute atomic E-state index is 11.2. The van der Waals surface area contributed by atoms with Crippen LogP contribution in [0, 0.1) is 0 Å². The van der Waals surface area contributed by atoms with Gasteiger partial charge < -0.3 is 4.90 Å². The minimum absolute atomic E-state index is 0.0540. The molecule has 1 saturated heterocycles. The van der Waals surface area contributed by atoms with E-state index in [0.29, 0.717) is 6.42 Å². The van der Waals surface area contributed by atoms with E-state index in [1.54, 1.807) is 11.9 Å². The molecular weight excluding hydrogens is 206 g/mol. The molecule has 1 unspecified atom stereocenters. The summed E-state index contributed by atoms with van der Waals surface area (Å²) < 4.78 is 26.1. The summed E-state index contributed by atoms with van der Waals surface area (Å²) in [6.07, 6.45) is 3.17. The second kappa shape index (κ2) is 4.27. The van der Waals surface area contributed by atoms with Crippen molar-refractivity contribution in [1.82, 2.24) is 4.90 Å². The Labute approximate surface area is 84.2 Å². The molecule has 1 heterocycles. The summed E-state index contributed by atoms with van der Waals surface area (Å²) in [5.41, 5.74) is 0. The molecule has 1 atom stereocenters. The van der Waals surface area contributed by atoms with E-state index in [1.165, 1.54) is 0 Å². The lowest BCUT2D eigenvalue weighted by Crippen LogP contribution is -2.43. The minimum atomic E-state index is -3.40. The van der Waals surface area contributed by atoms with Crippen LogP contribution in [0.4, 0.5) is 0 Å². The highest BCUT2D eigenvalue weighted by molar-refractivity contribution is 7.85. The van der Waals surface area contributed by atoms with Crippen molar-refractivity contribution in [2.24, 2.45) is 0 Å². The van der Waals surface area contributed by atoms with Gasteiger partial charge in [-0.25, -0.2) is 0 Å². The maximum atomic E-state index is 11.2. The Balaban J connectivity index is 2.48. The van der Waals surface area contributed by atoms with Crippen LogP contribution in [0.1, 0.15) is 19.3 Å². The number of piperidine rings is 1. The Morgan fingerprint density at radius 2 is 2.21 bits per heavy atom. The summed E-state index contributed by atoms with van der Waals surface area (Å²) in [5.74, 6) is 0.0540. The summed E-state index contributed by atoms with van der Waals surface area (Å²) >= 11 is 0. The molecule has 1 aliphatic heterocycles. The van der Waals surface area contributed by atoms with Crippen molar-refractivity contribution >= 4 is 16.0 Å². The molecule has 1 rings (SSSR count). The normalized spacial score (nSPS) is 24.0. The Morgan fingerprint density at radius 1 is 1.57 bits per heavy atom. The average Bonchev–Trinajstić information content (AvgIpc) is 2.06. The molecule has 0 aromatic rings. The fourth-order valence-electron chi connectivity index (χ4n) is 1.46. The second-order valence-corrected chi connectivity index (χ2v) is 5.18. The monoisotopic (exact) mass is 221 g/mol. The van der Waals surface area contributed by atoms with E-state index in [1.807, 2.05) is 0 Å². The van der Waals surface area contributed by atoms with E-state index in [2.05, 4.69) is 4.18 Å². The van der Waals surface area contributed by atoms with Crippen LogP contribution in [-0.2, 0) is 19.1 Å². The number of hydrogen-bond acceptors (Lipinski definition) is 4. The molecule has 0 aliphatic carbocycles. The Hall–Kier alpha value is -0.620. The average molecular weight is 221 g/mol. The lowest BCUT2D eigenvalue weighted by Gasteiger charge is -2.31. The molecule has 5 nitrogen and oxygen atoms in total. The van der Waals surface area contributed by atoms with Crippen LogP contribution in [0.3, 0.4) is 0 Å². The van der Waals surface area contributed by atoms with E-state index in [9.17, 15) is 13.2 Å². The van der Waals surface area contributed by atoms with Crippen LogP contribution in [-0.4, -0.2) is 45.2 Å². The molecule has 0 radical (unpaired) electrons. The smallest absolute Gasteiger partial charge is 0.264 e. The fourth-order valence-corrected chi connectivity index (χ4v) is 1.86. The minimum Gasteiger partial charge on any atom is -0.340 e. The van der Waals surface area contributed by atoms with Gasteiger partial charge in [-0.2, -0.15) is 8.42 Å². The molecule has 0 aromatic carbocycles. The number of carbonyl (C=O) groups is 1. The number of carbonyl (C=O) groups excluding carboxylic acids is 1. The Kier molecular flexibility index (Phi) is 3.49. The van der Waals surface area contributed by atoms with E-state index < -0.39 is 10.1 Å². The first kappa shape index (κ1) is 11.5. The van der Waals surface area contributed by atoms with Crippen LogP contribution in [0.25, 0.3) is 0 Å². The SMILES string of the molecule is CN1C(=O)CCCC1COS(C)(=O)=O. The number of nitrogens with zero attached hydrogens (tertiary/aromatic N) is 1. The van der Waals surface area contributed by atoms with Crippen LogP contribution in [0.2, 0.25) is 0 Å². The van der Waals surface area contributed by atoms with Crippen molar-refractivity contribution < 1.29 is 17.4 Å². The molecule has 1 amide bonds. The van der Waals surface area contributed by atoms with Crippen molar-refractivity contribution in [3.8, 4) is 0 Å². The van der Waals surface area contributed by atoms with Crippen molar-refractivity contribution in [3.05, 3.63) is 0 Å². The molecule has 1 fully saturated rings. The Bertz CT molecular complexity index is 311. The summed E-state index contributed by atoms with van der Waals surface area (Å²) in [4.78, 5) is 12.8. The molecule has 0 aromatic heterocycles. The zero-order valence-corrected chi connectivity index (χ0v) is 9.21. The van der Waals surface area contributed by atoms with Gasteiger partial charge in [0, 0.05) is 13.5 Å². The van der Waals surface area contributed by atoms with Gasteiger partial charge >= 0.3 is 0 Å². The number of hydrogen-bond donors (Lipinski definition) is 0. The predicted molar refractivity (Wildman–Crippen MR) is 51.2 cm³/mol. The van der Waals surface area contributed by atoms with Crippen LogP contribution in [0.5, 0.6) is 0 Å². The second-order valence-electron chi connectivity index (χ2n) is 3.54. The molecule has 1 aliphatic rings. The zero-order valence-electron chi connectivity index (χ0n) is 8.39. The lowest BCUT2D eigenvalue weighted by molar-refractivity contribution is -0.135. The number of rotatable bonds is 3. The molecule has 6 heteroatoms. The number of likely N-dealkylation sites (N-methyl/N-ethyl adjacent to an activating group) is 1. The molecule has 0 spiro atoms. The van der Waals surface area contributed by atoms with Crippen molar-refractivity contribution in [2.45, 2.75) is 25.3 Å². The van der Waals surface area contributed by atoms with Gasteiger partial charge in [0.2, 0.25) is 5.91 Å². The van der Waals surface area contributed by atoms with Gasteiger partial charge in [-0.05, 0) is 12.8 Å². The van der Waals surface area contributed by atoms with E-state index in [-0.39, 0.29) is 18.6 Å². The van der Waals surface area contributed by atoms with Crippen LogP contribution >= 0.6 is 0 Å². The summed E-state index contributed by atoms with van der Waals surface area (Å²) in [5, 5.41) is 0. The van der Waals surface area contributed by atoms with Crippen LogP contribution < -0.4 is 0 Å². The van der Waals surface area contributed by atoms with Gasteiger partial charge in [0.1, 0.15) is 0 Å².